The van der Waals surface area contributed by atoms with Crippen LogP contribution in [0.3, 0.4) is 0 Å². The number of rotatable bonds is 3. The summed E-state index contributed by atoms with van der Waals surface area (Å²) in [5, 5.41) is 5.83. The standard InChI is InChI=1S/C18H16N4S/c1-2-6-16-15(5-1)21-18(23-16)20-13-10-14(11-13)22-9-7-12-4-3-8-19-17(12)22/h1-9,13-14H,10-11H2,(H,20,21). The number of benzene rings is 1. The van der Waals surface area contributed by atoms with Gasteiger partial charge in [-0.15, -0.1) is 0 Å². The molecule has 0 aliphatic heterocycles. The van der Waals surface area contributed by atoms with Gasteiger partial charge in [0.2, 0.25) is 0 Å². The molecule has 3 heterocycles. The summed E-state index contributed by atoms with van der Waals surface area (Å²) in [5.74, 6) is 0. The van der Waals surface area contributed by atoms with Gasteiger partial charge in [-0.1, -0.05) is 23.5 Å². The average molecular weight is 320 g/mol. The van der Waals surface area contributed by atoms with Gasteiger partial charge in [0, 0.05) is 29.9 Å². The Labute approximate surface area is 137 Å². The predicted molar refractivity (Wildman–Crippen MR) is 95.0 cm³/mol. The van der Waals surface area contributed by atoms with Crippen molar-refractivity contribution >= 4 is 37.7 Å². The molecule has 5 heteroatoms. The first-order valence-corrected chi connectivity index (χ1v) is 8.72. The zero-order valence-corrected chi connectivity index (χ0v) is 13.3. The number of pyridine rings is 1. The highest BCUT2D eigenvalue weighted by Gasteiger charge is 2.31. The first kappa shape index (κ1) is 13.1. The molecule has 23 heavy (non-hydrogen) atoms. The first-order chi connectivity index (χ1) is 11.4. The molecule has 0 radical (unpaired) electrons. The summed E-state index contributed by atoms with van der Waals surface area (Å²) in [5.41, 5.74) is 2.17. The molecule has 1 fully saturated rings. The second-order valence-corrected chi connectivity index (χ2v) is 7.12. The van der Waals surface area contributed by atoms with Crippen LogP contribution in [0.2, 0.25) is 0 Å². The van der Waals surface area contributed by atoms with E-state index in [9.17, 15) is 0 Å². The summed E-state index contributed by atoms with van der Waals surface area (Å²) in [4.78, 5) is 9.17. The molecule has 0 amide bonds. The van der Waals surface area contributed by atoms with Crippen LogP contribution in [0.4, 0.5) is 5.13 Å². The number of anilines is 1. The maximum atomic E-state index is 4.66. The molecular weight excluding hydrogens is 304 g/mol. The fraction of sp³-hybridized carbons (Fsp3) is 0.222. The van der Waals surface area contributed by atoms with Crippen molar-refractivity contribution in [2.24, 2.45) is 0 Å². The molecule has 0 atom stereocenters. The zero-order valence-electron chi connectivity index (χ0n) is 12.5. The molecule has 114 valence electrons. The molecule has 4 aromatic rings. The van der Waals surface area contributed by atoms with Crippen LogP contribution in [-0.4, -0.2) is 20.6 Å². The SMILES string of the molecule is c1cnc2c(c1)ccn2C1CC(Nc2nc3ccccc3s2)C1. The zero-order chi connectivity index (χ0) is 15.2. The lowest BCUT2D eigenvalue weighted by Gasteiger charge is -2.36. The second-order valence-electron chi connectivity index (χ2n) is 6.09. The Morgan fingerprint density at radius 1 is 1.09 bits per heavy atom. The summed E-state index contributed by atoms with van der Waals surface area (Å²) in [6, 6.07) is 15.6. The monoisotopic (exact) mass is 320 g/mol. The van der Waals surface area contributed by atoms with E-state index >= 15 is 0 Å². The highest BCUT2D eigenvalue weighted by molar-refractivity contribution is 7.22. The smallest absolute Gasteiger partial charge is 0.184 e. The lowest BCUT2D eigenvalue weighted by atomic mass is 9.86. The normalized spacial score (nSPS) is 20.7. The van der Waals surface area contributed by atoms with E-state index in [0.717, 1.165) is 29.1 Å². The van der Waals surface area contributed by atoms with Crippen molar-refractivity contribution in [3.63, 3.8) is 0 Å². The van der Waals surface area contributed by atoms with E-state index < -0.39 is 0 Å². The fourth-order valence-corrected chi connectivity index (χ4v) is 4.27. The van der Waals surface area contributed by atoms with Crippen molar-refractivity contribution < 1.29 is 0 Å². The summed E-state index contributed by atoms with van der Waals surface area (Å²) < 4.78 is 3.55. The van der Waals surface area contributed by atoms with Crippen molar-refractivity contribution in [3.05, 3.63) is 54.9 Å². The lowest BCUT2D eigenvalue weighted by molar-refractivity contribution is 0.288. The molecule has 1 aliphatic carbocycles. The summed E-state index contributed by atoms with van der Waals surface area (Å²) in [6.07, 6.45) is 6.27. The minimum absolute atomic E-state index is 0.502. The molecule has 1 saturated carbocycles. The van der Waals surface area contributed by atoms with Crippen LogP contribution in [0.5, 0.6) is 0 Å². The Bertz CT molecular complexity index is 948. The van der Waals surface area contributed by atoms with Crippen molar-refractivity contribution in [2.75, 3.05) is 5.32 Å². The van der Waals surface area contributed by atoms with Crippen LogP contribution in [0.15, 0.2) is 54.9 Å². The largest absolute Gasteiger partial charge is 0.359 e. The average Bonchev–Trinajstić information content (AvgIpc) is 3.14. The summed E-state index contributed by atoms with van der Waals surface area (Å²) in [7, 11) is 0. The van der Waals surface area contributed by atoms with Gasteiger partial charge in [-0.25, -0.2) is 9.97 Å². The third-order valence-corrected chi connectivity index (χ3v) is 5.57. The maximum absolute atomic E-state index is 4.66. The Morgan fingerprint density at radius 2 is 2.00 bits per heavy atom. The number of para-hydroxylation sites is 1. The molecule has 0 bridgehead atoms. The quantitative estimate of drug-likeness (QED) is 0.606. The number of nitrogens with one attached hydrogen (secondary N) is 1. The van der Waals surface area contributed by atoms with Gasteiger partial charge in [0.05, 0.1) is 10.2 Å². The highest BCUT2D eigenvalue weighted by atomic mass is 32.1. The van der Waals surface area contributed by atoms with Gasteiger partial charge in [0.15, 0.2) is 5.13 Å². The van der Waals surface area contributed by atoms with Crippen molar-refractivity contribution in [2.45, 2.75) is 24.9 Å². The van der Waals surface area contributed by atoms with Crippen LogP contribution >= 0.6 is 11.3 Å². The van der Waals surface area contributed by atoms with Crippen LogP contribution in [-0.2, 0) is 0 Å². The lowest BCUT2D eigenvalue weighted by Crippen LogP contribution is -2.36. The maximum Gasteiger partial charge on any atom is 0.184 e. The molecule has 1 aliphatic rings. The minimum Gasteiger partial charge on any atom is -0.359 e. The van der Waals surface area contributed by atoms with E-state index in [-0.39, 0.29) is 0 Å². The second kappa shape index (κ2) is 5.06. The molecule has 1 aromatic carbocycles. The van der Waals surface area contributed by atoms with Crippen LogP contribution in [0.1, 0.15) is 18.9 Å². The molecule has 4 nitrogen and oxygen atoms in total. The number of nitrogens with zero attached hydrogens (tertiary/aromatic N) is 3. The number of hydrogen-bond acceptors (Lipinski definition) is 4. The van der Waals surface area contributed by atoms with E-state index in [4.69, 9.17) is 0 Å². The van der Waals surface area contributed by atoms with Crippen LogP contribution in [0, 0.1) is 0 Å². The van der Waals surface area contributed by atoms with Gasteiger partial charge in [0.25, 0.3) is 0 Å². The Hall–Kier alpha value is -2.40. The Balaban J connectivity index is 1.31. The van der Waals surface area contributed by atoms with Gasteiger partial charge in [-0.3, -0.25) is 0 Å². The van der Waals surface area contributed by atoms with E-state index in [1.165, 1.54) is 10.1 Å². The van der Waals surface area contributed by atoms with Crippen LogP contribution < -0.4 is 5.32 Å². The van der Waals surface area contributed by atoms with Gasteiger partial charge >= 0.3 is 0 Å². The number of hydrogen-bond donors (Lipinski definition) is 1. The Kier molecular flexibility index (Phi) is 2.88. The van der Waals surface area contributed by atoms with E-state index in [1.54, 1.807) is 11.3 Å². The third kappa shape index (κ3) is 2.19. The van der Waals surface area contributed by atoms with Gasteiger partial charge in [0.1, 0.15) is 5.65 Å². The van der Waals surface area contributed by atoms with E-state index in [2.05, 4.69) is 56.4 Å². The van der Waals surface area contributed by atoms with Crippen molar-refractivity contribution in [1.29, 1.82) is 0 Å². The highest BCUT2D eigenvalue weighted by Crippen LogP contribution is 2.37. The molecule has 0 saturated heterocycles. The molecule has 1 N–H and O–H groups in total. The number of fused-ring (bicyclic) bond motifs is 2. The minimum atomic E-state index is 0.502. The third-order valence-electron chi connectivity index (χ3n) is 4.60. The summed E-state index contributed by atoms with van der Waals surface area (Å²) in [6.45, 7) is 0. The van der Waals surface area contributed by atoms with Gasteiger partial charge in [-0.05, 0) is 43.2 Å². The Morgan fingerprint density at radius 3 is 2.91 bits per heavy atom. The first-order valence-electron chi connectivity index (χ1n) is 7.90. The van der Waals surface area contributed by atoms with E-state index in [0.29, 0.717) is 12.1 Å². The molecule has 0 spiro atoms. The molecule has 0 unspecified atom stereocenters. The topological polar surface area (TPSA) is 42.7 Å². The molecular formula is C18H16N4S. The molecule has 3 aromatic heterocycles. The number of aromatic nitrogens is 3. The molecule has 5 rings (SSSR count). The number of thiazole rings is 1. The van der Waals surface area contributed by atoms with Crippen molar-refractivity contribution in [1.82, 2.24) is 14.5 Å². The van der Waals surface area contributed by atoms with Crippen LogP contribution in [0.25, 0.3) is 21.3 Å². The summed E-state index contributed by atoms with van der Waals surface area (Å²) >= 11 is 1.73. The van der Waals surface area contributed by atoms with Crippen molar-refractivity contribution in [3.8, 4) is 0 Å². The predicted octanol–water partition coefficient (Wildman–Crippen LogP) is 4.46. The van der Waals surface area contributed by atoms with Gasteiger partial charge in [-0.2, -0.15) is 0 Å². The fourth-order valence-electron chi connectivity index (χ4n) is 3.32. The van der Waals surface area contributed by atoms with E-state index in [1.807, 2.05) is 18.3 Å². The van der Waals surface area contributed by atoms with Gasteiger partial charge < -0.3 is 9.88 Å².